The maximum absolute atomic E-state index is 6.07. The molecule has 4 aromatic rings. The lowest BCUT2D eigenvalue weighted by molar-refractivity contribution is 0.302. The molecule has 0 saturated carbocycles. The molecule has 1 aromatic heterocycles. The molecule has 0 radical (unpaired) electrons. The second-order valence-electron chi connectivity index (χ2n) is 7.36. The summed E-state index contributed by atoms with van der Waals surface area (Å²) in [5.41, 5.74) is 5.78. The number of para-hydroxylation sites is 3. The second-order valence-corrected chi connectivity index (χ2v) is 7.36. The van der Waals surface area contributed by atoms with Crippen LogP contribution in [0.1, 0.15) is 28.9 Å². The average Bonchev–Trinajstić information content (AvgIpc) is 3.17. The van der Waals surface area contributed by atoms with Crippen molar-refractivity contribution in [1.82, 2.24) is 15.3 Å². The molecule has 2 N–H and O–H groups in total. The van der Waals surface area contributed by atoms with Gasteiger partial charge in [0.25, 0.3) is 0 Å². The zero-order valence-electron chi connectivity index (χ0n) is 16.8. The summed E-state index contributed by atoms with van der Waals surface area (Å²) < 4.78 is 6.07. The van der Waals surface area contributed by atoms with E-state index in [2.05, 4.69) is 64.7 Å². The van der Waals surface area contributed by atoms with Crippen LogP contribution >= 0.6 is 0 Å². The van der Waals surface area contributed by atoms with Crippen LogP contribution in [0.3, 0.4) is 0 Å². The summed E-state index contributed by atoms with van der Waals surface area (Å²) in [5, 5.41) is 3.53. The summed E-state index contributed by atoms with van der Waals surface area (Å²) >= 11 is 0. The summed E-state index contributed by atoms with van der Waals surface area (Å²) in [7, 11) is 0. The van der Waals surface area contributed by atoms with Gasteiger partial charge in [0.2, 0.25) is 0 Å². The van der Waals surface area contributed by atoms with Crippen molar-refractivity contribution >= 4 is 11.0 Å². The fourth-order valence-electron chi connectivity index (χ4n) is 3.36. The number of hydrogen-bond donors (Lipinski definition) is 2. The van der Waals surface area contributed by atoms with Gasteiger partial charge in [-0.3, -0.25) is 0 Å². The Bertz CT molecular complexity index is 1020. The summed E-state index contributed by atoms with van der Waals surface area (Å²) in [6.45, 7) is 4.41. The van der Waals surface area contributed by atoms with Crippen molar-refractivity contribution in [2.45, 2.75) is 32.9 Å². The Morgan fingerprint density at radius 2 is 1.72 bits per heavy atom. The first-order valence-electron chi connectivity index (χ1n) is 10.2. The van der Waals surface area contributed by atoms with Gasteiger partial charge in [-0.05, 0) is 43.7 Å². The highest BCUT2D eigenvalue weighted by Gasteiger charge is 2.05. The molecule has 0 fully saturated rings. The lowest BCUT2D eigenvalue weighted by Crippen LogP contribution is -2.16. The highest BCUT2D eigenvalue weighted by atomic mass is 16.5. The predicted molar refractivity (Wildman–Crippen MR) is 118 cm³/mol. The number of nitrogens with zero attached hydrogens (tertiary/aromatic N) is 1. The lowest BCUT2D eigenvalue weighted by atomic mass is 10.1. The highest BCUT2D eigenvalue weighted by Crippen LogP contribution is 2.19. The number of benzene rings is 3. The van der Waals surface area contributed by atoms with Crippen LogP contribution in [0, 0.1) is 6.92 Å². The fraction of sp³-hybridized carbons (Fsp3) is 0.240. The van der Waals surface area contributed by atoms with Crippen molar-refractivity contribution in [3.8, 4) is 5.75 Å². The van der Waals surface area contributed by atoms with E-state index >= 15 is 0 Å². The Hall–Kier alpha value is -3.11. The van der Waals surface area contributed by atoms with E-state index in [1.165, 1.54) is 16.7 Å². The third kappa shape index (κ3) is 5.24. The molecular weight excluding hydrogens is 358 g/mol. The first-order chi connectivity index (χ1) is 14.3. The van der Waals surface area contributed by atoms with E-state index in [-0.39, 0.29) is 0 Å². The monoisotopic (exact) mass is 385 g/mol. The van der Waals surface area contributed by atoms with Crippen molar-refractivity contribution in [1.29, 1.82) is 0 Å². The molecule has 0 spiro atoms. The van der Waals surface area contributed by atoms with Gasteiger partial charge in [-0.15, -0.1) is 0 Å². The number of ether oxygens (including phenoxy) is 1. The molecule has 0 aliphatic carbocycles. The van der Waals surface area contributed by atoms with Crippen LogP contribution in [0.2, 0.25) is 0 Å². The number of fused-ring (bicyclic) bond motifs is 1. The van der Waals surface area contributed by atoms with Crippen LogP contribution in [-0.2, 0) is 19.6 Å². The van der Waals surface area contributed by atoms with E-state index in [1.54, 1.807) is 0 Å². The maximum Gasteiger partial charge on any atom is 0.124 e. The summed E-state index contributed by atoms with van der Waals surface area (Å²) in [6.07, 6.45) is 1.97. The first-order valence-corrected chi connectivity index (χ1v) is 10.2. The fourth-order valence-corrected chi connectivity index (χ4v) is 3.36. The Kier molecular flexibility index (Phi) is 6.22. The van der Waals surface area contributed by atoms with E-state index in [0.29, 0.717) is 6.61 Å². The predicted octanol–water partition coefficient (Wildman–Crippen LogP) is 5.17. The smallest absolute Gasteiger partial charge is 0.124 e. The van der Waals surface area contributed by atoms with Crippen LogP contribution in [0.4, 0.5) is 0 Å². The molecule has 29 heavy (non-hydrogen) atoms. The molecule has 0 saturated heterocycles. The zero-order chi connectivity index (χ0) is 19.9. The largest absolute Gasteiger partial charge is 0.489 e. The number of imidazole rings is 1. The van der Waals surface area contributed by atoms with Crippen molar-refractivity contribution in [2.75, 3.05) is 6.54 Å². The van der Waals surface area contributed by atoms with Crippen LogP contribution in [0.5, 0.6) is 5.75 Å². The lowest BCUT2D eigenvalue weighted by Gasteiger charge is -2.12. The SMILES string of the molecule is Cc1ccc(COc2ccccc2CNCCCc2nc3ccccc3[nH]2)cc1. The molecule has 0 unspecified atom stereocenters. The Morgan fingerprint density at radius 3 is 2.59 bits per heavy atom. The molecular formula is C25H27N3O. The highest BCUT2D eigenvalue weighted by molar-refractivity contribution is 5.74. The van der Waals surface area contributed by atoms with Gasteiger partial charge in [0.1, 0.15) is 18.2 Å². The normalized spacial score (nSPS) is 11.1. The zero-order valence-corrected chi connectivity index (χ0v) is 16.8. The van der Waals surface area contributed by atoms with Gasteiger partial charge in [-0.25, -0.2) is 4.98 Å². The third-order valence-corrected chi connectivity index (χ3v) is 5.01. The molecule has 4 rings (SSSR count). The molecule has 0 atom stereocenters. The van der Waals surface area contributed by atoms with Gasteiger partial charge in [0, 0.05) is 18.5 Å². The quantitative estimate of drug-likeness (QED) is 0.391. The topological polar surface area (TPSA) is 49.9 Å². The second kappa shape index (κ2) is 9.39. The van der Waals surface area contributed by atoms with Crippen molar-refractivity contribution in [2.24, 2.45) is 0 Å². The molecule has 0 aliphatic rings. The summed E-state index contributed by atoms with van der Waals surface area (Å²) in [5.74, 6) is 1.99. The Balaban J connectivity index is 1.24. The van der Waals surface area contributed by atoms with Gasteiger partial charge < -0.3 is 15.0 Å². The van der Waals surface area contributed by atoms with Gasteiger partial charge in [0.05, 0.1) is 11.0 Å². The van der Waals surface area contributed by atoms with Crippen molar-refractivity contribution < 1.29 is 4.74 Å². The van der Waals surface area contributed by atoms with E-state index in [4.69, 9.17) is 4.74 Å². The van der Waals surface area contributed by atoms with Gasteiger partial charge in [-0.2, -0.15) is 0 Å². The number of aryl methyl sites for hydroxylation is 2. The Morgan fingerprint density at radius 1 is 0.931 bits per heavy atom. The van der Waals surface area contributed by atoms with Crippen LogP contribution in [0.25, 0.3) is 11.0 Å². The number of aromatic amines is 1. The van der Waals surface area contributed by atoms with Gasteiger partial charge in [0.15, 0.2) is 0 Å². The third-order valence-electron chi connectivity index (χ3n) is 5.01. The molecule has 0 aliphatic heterocycles. The van der Waals surface area contributed by atoms with E-state index < -0.39 is 0 Å². The minimum absolute atomic E-state index is 0.587. The van der Waals surface area contributed by atoms with E-state index in [1.807, 2.05) is 30.3 Å². The number of hydrogen-bond acceptors (Lipinski definition) is 3. The number of aromatic nitrogens is 2. The average molecular weight is 386 g/mol. The van der Waals surface area contributed by atoms with E-state index in [9.17, 15) is 0 Å². The maximum atomic E-state index is 6.07. The van der Waals surface area contributed by atoms with Crippen molar-refractivity contribution in [3.63, 3.8) is 0 Å². The molecule has 4 nitrogen and oxygen atoms in total. The molecule has 1 heterocycles. The van der Waals surface area contributed by atoms with Crippen LogP contribution in [-0.4, -0.2) is 16.5 Å². The summed E-state index contributed by atoms with van der Waals surface area (Å²) in [4.78, 5) is 8.03. The standard InChI is InChI=1S/C25H27N3O/c1-19-12-14-20(15-13-19)18-29-24-10-5-2-7-21(24)17-26-16-6-11-25-27-22-8-3-4-9-23(22)28-25/h2-5,7-10,12-15,26H,6,11,16-18H2,1H3,(H,27,28). The molecule has 3 aromatic carbocycles. The van der Waals surface area contributed by atoms with Crippen molar-refractivity contribution in [3.05, 3.63) is 95.3 Å². The number of H-pyrrole nitrogens is 1. The minimum Gasteiger partial charge on any atom is -0.489 e. The number of nitrogens with one attached hydrogen (secondary N) is 2. The molecule has 148 valence electrons. The number of rotatable bonds is 9. The van der Waals surface area contributed by atoms with Gasteiger partial charge in [-0.1, -0.05) is 60.2 Å². The molecule has 0 amide bonds. The Labute approximate surface area is 172 Å². The van der Waals surface area contributed by atoms with Gasteiger partial charge >= 0.3 is 0 Å². The summed E-state index contributed by atoms with van der Waals surface area (Å²) in [6, 6.07) is 24.9. The van der Waals surface area contributed by atoms with E-state index in [0.717, 1.165) is 48.5 Å². The first kappa shape index (κ1) is 19.2. The van der Waals surface area contributed by atoms with Crippen LogP contribution in [0.15, 0.2) is 72.8 Å². The minimum atomic E-state index is 0.587. The van der Waals surface area contributed by atoms with Crippen LogP contribution < -0.4 is 10.1 Å². The molecule has 0 bridgehead atoms. The molecule has 4 heteroatoms.